The fraction of sp³-hybridized carbons (Fsp3) is 0.412. The molecule has 2 fully saturated rings. The lowest BCUT2D eigenvalue weighted by molar-refractivity contribution is -0.142. The van der Waals surface area contributed by atoms with E-state index in [9.17, 15) is 9.59 Å². The van der Waals surface area contributed by atoms with Crippen LogP contribution < -0.4 is 14.8 Å². The summed E-state index contributed by atoms with van der Waals surface area (Å²) in [4.78, 5) is 31.0. The molecule has 1 aliphatic carbocycles. The lowest BCUT2D eigenvalue weighted by atomic mass is 9.83. The molecule has 3 aromatic rings. The van der Waals surface area contributed by atoms with Crippen LogP contribution in [0.4, 0.5) is 0 Å². The number of hydrogen-bond donors (Lipinski definition) is 1. The van der Waals surface area contributed by atoms with Gasteiger partial charge in [-0.2, -0.15) is 0 Å². The molecule has 0 spiro atoms. The van der Waals surface area contributed by atoms with Gasteiger partial charge in [0.2, 0.25) is 5.91 Å². The number of methoxy groups -OCH3 is 2. The highest BCUT2D eigenvalue weighted by atomic mass is 35.5. The molecule has 222 valence electrons. The van der Waals surface area contributed by atoms with Gasteiger partial charge in [-0.3, -0.25) is 14.5 Å². The van der Waals surface area contributed by atoms with Crippen molar-refractivity contribution in [1.82, 2.24) is 15.1 Å². The highest BCUT2D eigenvalue weighted by molar-refractivity contribution is 6.30. The summed E-state index contributed by atoms with van der Waals surface area (Å²) in [7, 11) is 3.19. The lowest BCUT2D eigenvalue weighted by Crippen LogP contribution is -2.49. The van der Waals surface area contributed by atoms with Crippen molar-refractivity contribution in [1.29, 1.82) is 0 Å². The average molecular weight is 590 g/mol. The summed E-state index contributed by atoms with van der Waals surface area (Å²) < 4.78 is 10.6. The van der Waals surface area contributed by atoms with Gasteiger partial charge in [-0.05, 0) is 78.8 Å². The number of halogens is 1. The third-order valence-corrected chi connectivity index (χ3v) is 8.78. The van der Waals surface area contributed by atoms with Gasteiger partial charge in [-0.25, -0.2) is 0 Å². The van der Waals surface area contributed by atoms with Crippen LogP contribution in [-0.2, 0) is 24.4 Å². The normalized spacial score (nSPS) is 16.0. The largest absolute Gasteiger partial charge is 0.493 e. The van der Waals surface area contributed by atoms with Crippen LogP contribution in [-0.4, -0.2) is 55.0 Å². The third kappa shape index (κ3) is 7.44. The molecule has 0 bridgehead atoms. The molecule has 0 atom stereocenters. The Hall–Kier alpha value is -3.55. The molecule has 8 heteroatoms. The topological polar surface area (TPSA) is 71.1 Å². The van der Waals surface area contributed by atoms with Crippen LogP contribution in [0.5, 0.6) is 11.5 Å². The maximum Gasteiger partial charge on any atom is 0.251 e. The molecule has 0 radical (unpaired) electrons. The van der Waals surface area contributed by atoms with E-state index in [0.717, 1.165) is 67.9 Å². The van der Waals surface area contributed by atoms with E-state index in [0.29, 0.717) is 30.2 Å². The van der Waals surface area contributed by atoms with Crippen molar-refractivity contribution in [3.63, 3.8) is 0 Å². The quantitative estimate of drug-likeness (QED) is 0.293. The van der Waals surface area contributed by atoms with E-state index in [-0.39, 0.29) is 23.8 Å². The molecule has 2 amide bonds. The van der Waals surface area contributed by atoms with Crippen LogP contribution in [0.3, 0.4) is 0 Å². The summed E-state index contributed by atoms with van der Waals surface area (Å²) in [6.07, 6.45) is 5.04. The maximum atomic E-state index is 13.5. The van der Waals surface area contributed by atoms with Crippen molar-refractivity contribution in [2.75, 3.05) is 27.3 Å². The number of carbonyl (C=O) groups excluding carboxylic acids is 2. The van der Waals surface area contributed by atoms with Gasteiger partial charge < -0.3 is 19.7 Å². The van der Waals surface area contributed by atoms with E-state index in [1.807, 2.05) is 54.6 Å². The zero-order valence-corrected chi connectivity index (χ0v) is 25.2. The van der Waals surface area contributed by atoms with Gasteiger partial charge in [0.05, 0.1) is 14.2 Å². The van der Waals surface area contributed by atoms with E-state index >= 15 is 0 Å². The second-order valence-corrected chi connectivity index (χ2v) is 11.7. The van der Waals surface area contributed by atoms with Crippen molar-refractivity contribution in [2.24, 2.45) is 5.92 Å². The molecular formula is C34H40ClN3O4. The van der Waals surface area contributed by atoms with Crippen LogP contribution in [0.15, 0.2) is 66.7 Å². The Kier molecular flexibility index (Phi) is 10.0. The van der Waals surface area contributed by atoms with E-state index in [4.69, 9.17) is 21.1 Å². The summed E-state index contributed by atoms with van der Waals surface area (Å²) in [5.41, 5.74) is 3.81. The van der Waals surface area contributed by atoms with Crippen molar-refractivity contribution < 1.29 is 19.1 Å². The molecule has 5 rings (SSSR count). The standard InChI is InChI=1S/C34H40ClN3O4/c1-41-31-15-10-26(20-32(31)42-2)21-36-33(39)27-11-6-25(7-12-27)23-38(34(40)28-4-3-5-28)30-16-18-37(19-17-30)22-24-8-13-29(35)14-9-24/h6-15,20,28,30H,3-5,16-19,21-23H2,1-2H3,(H,36,39). The number of amides is 2. The molecule has 0 unspecified atom stereocenters. The summed E-state index contributed by atoms with van der Waals surface area (Å²) in [5.74, 6) is 1.57. The predicted molar refractivity (Wildman–Crippen MR) is 165 cm³/mol. The highest BCUT2D eigenvalue weighted by Crippen LogP contribution is 2.32. The summed E-state index contributed by atoms with van der Waals surface area (Å²) in [5, 5.41) is 3.73. The van der Waals surface area contributed by atoms with Gasteiger partial charge in [-0.15, -0.1) is 0 Å². The first-order valence-corrected chi connectivity index (χ1v) is 15.2. The Morgan fingerprint density at radius 3 is 2.12 bits per heavy atom. The SMILES string of the molecule is COc1ccc(CNC(=O)c2ccc(CN(C(=O)C3CCC3)C3CCN(Cc4ccc(Cl)cc4)CC3)cc2)cc1OC. The van der Waals surface area contributed by atoms with Crippen LogP contribution in [0.25, 0.3) is 0 Å². The Balaban J connectivity index is 1.18. The van der Waals surface area contributed by atoms with Crippen LogP contribution in [0.1, 0.15) is 59.2 Å². The molecule has 0 aromatic heterocycles. The molecule has 3 aromatic carbocycles. The van der Waals surface area contributed by atoms with Gasteiger partial charge >= 0.3 is 0 Å². The van der Waals surface area contributed by atoms with E-state index < -0.39 is 0 Å². The molecular weight excluding hydrogens is 550 g/mol. The van der Waals surface area contributed by atoms with Gasteiger partial charge in [0.25, 0.3) is 5.91 Å². The van der Waals surface area contributed by atoms with E-state index in [1.54, 1.807) is 14.2 Å². The lowest BCUT2D eigenvalue weighted by Gasteiger charge is -2.41. The zero-order valence-electron chi connectivity index (χ0n) is 24.5. The monoisotopic (exact) mass is 589 g/mol. The Labute approximate surface area is 253 Å². The fourth-order valence-corrected chi connectivity index (χ4v) is 5.87. The molecule has 42 heavy (non-hydrogen) atoms. The minimum Gasteiger partial charge on any atom is -0.493 e. The molecule has 7 nitrogen and oxygen atoms in total. The Morgan fingerprint density at radius 2 is 1.50 bits per heavy atom. The van der Waals surface area contributed by atoms with Crippen LogP contribution in [0.2, 0.25) is 5.02 Å². The average Bonchev–Trinajstić information content (AvgIpc) is 2.99. The van der Waals surface area contributed by atoms with Crippen molar-refractivity contribution in [3.05, 3.63) is 94.0 Å². The molecule has 1 saturated heterocycles. The summed E-state index contributed by atoms with van der Waals surface area (Å²) >= 11 is 6.05. The first-order valence-electron chi connectivity index (χ1n) is 14.8. The first-order chi connectivity index (χ1) is 20.4. The molecule has 1 saturated carbocycles. The summed E-state index contributed by atoms with van der Waals surface area (Å²) in [6.45, 7) is 3.77. The summed E-state index contributed by atoms with van der Waals surface area (Å²) in [6, 6.07) is 21.5. The van der Waals surface area contributed by atoms with Gasteiger partial charge in [0.15, 0.2) is 11.5 Å². The number of nitrogens with one attached hydrogen (secondary N) is 1. The number of hydrogen-bond acceptors (Lipinski definition) is 5. The van der Waals surface area contributed by atoms with Crippen LogP contribution in [0, 0.1) is 5.92 Å². The number of carbonyl (C=O) groups is 2. The third-order valence-electron chi connectivity index (χ3n) is 8.52. The minimum absolute atomic E-state index is 0.146. The van der Waals surface area contributed by atoms with E-state index in [2.05, 4.69) is 27.2 Å². The zero-order chi connectivity index (χ0) is 29.5. The number of nitrogens with zero attached hydrogens (tertiary/aromatic N) is 2. The number of ether oxygens (including phenoxy) is 2. The minimum atomic E-state index is -0.146. The van der Waals surface area contributed by atoms with Gasteiger partial charge in [0.1, 0.15) is 0 Å². The van der Waals surface area contributed by atoms with E-state index in [1.165, 1.54) is 5.56 Å². The maximum absolute atomic E-state index is 13.5. The molecule has 2 aliphatic rings. The van der Waals surface area contributed by atoms with Gasteiger partial charge in [-0.1, -0.05) is 48.4 Å². The molecule has 1 aliphatic heterocycles. The van der Waals surface area contributed by atoms with Crippen molar-refractivity contribution >= 4 is 23.4 Å². The van der Waals surface area contributed by atoms with Gasteiger partial charge in [0, 0.05) is 55.3 Å². The van der Waals surface area contributed by atoms with Crippen molar-refractivity contribution in [2.45, 2.75) is 57.8 Å². The van der Waals surface area contributed by atoms with Crippen molar-refractivity contribution in [3.8, 4) is 11.5 Å². The number of benzene rings is 3. The highest BCUT2D eigenvalue weighted by Gasteiger charge is 2.34. The Bertz CT molecular complexity index is 1350. The Morgan fingerprint density at radius 1 is 0.857 bits per heavy atom. The molecule has 1 heterocycles. The number of piperidine rings is 1. The second-order valence-electron chi connectivity index (χ2n) is 11.3. The molecule has 1 N–H and O–H groups in total. The number of rotatable bonds is 11. The predicted octanol–water partition coefficient (Wildman–Crippen LogP) is 6.08. The second kappa shape index (κ2) is 14.1. The van der Waals surface area contributed by atoms with Crippen LogP contribution >= 0.6 is 11.6 Å². The fourth-order valence-electron chi connectivity index (χ4n) is 5.75. The first kappa shape index (κ1) is 29.9. The smallest absolute Gasteiger partial charge is 0.251 e. The number of likely N-dealkylation sites (tertiary alicyclic amines) is 1.